The number of rotatable bonds is 9. The summed E-state index contributed by atoms with van der Waals surface area (Å²) in [6.45, 7) is 6.38. The van der Waals surface area contributed by atoms with Crippen molar-refractivity contribution in [3.63, 3.8) is 0 Å². The number of hydrogen-bond donors (Lipinski definition) is 2. The zero-order valence-corrected chi connectivity index (χ0v) is 16.5. The first-order valence-electron chi connectivity index (χ1n) is 9.47. The first kappa shape index (κ1) is 21.4. The van der Waals surface area contributed by atoms with Crippen LogP contribution in [0.2, 0.25) is 0 Å². The van der Waals surface area contributed by atoms with E-state index in [1.165, 1.54) is 12.1 Å². The lowest BCUT2D eigenvalue weighted by Gasteiger charge is -2.22. The van der Waals surface area contributed by atoms with Crippen molar-refractivity contribution in [2.45, 2.75) is 33.2 Å². The number of para-hydroxylation sites is 1. The third kappa shape index (κ3) is 6.08. The van der Waals surface area contributed by atoms with Crippen LogP contribution in [0.5, 0.6) is 5.75 Å². The maximum Gasteiger partial charge on any atom is 0.255 e. The van der Waals surface area contributed by atoms with E-state index in [9.17, 15) is 14.0 Å². The standard InChI is InChI=1S/C22H27FN2O3/c1-4-28-19-11-6-5-10-18(19)21(26)25-20(15(2)3)22(27)24-13-12-16-8-7-9-17(23)14-16/h5-11,14-15,20H,4,12-13H2,1-3H3,(H,24,27)(H,25,26). The predicted octanol–water partition coefficient (Wildman–Crippen LogP) is 3.34. The molecule has 0 fully saturated rings. The van der Waals surface area contributed by atoms with Crippen LogP contribution in [0.15, 0.2) is 48.5 Å². The number of halogens is 1. The molecule has 0 radical (unpaired) electrons. The Bertz CT molecular complexity index is 808. The number of carbonyl (C=O) groups excluding carboxylic acids is 2. The van der Waals surface area contributed by atoms with E-state index in [0.29, 0.717) is 30.9 Å². The van der Waals surface area contributed by atoms with Crippen LogP contribution in [-0.4, -0.2) is 31.0 Å². The summed E-state index contributed by atoms with van der Waals surface area (Å²) in [5, 5.41) is 5.62. The molecule has 0 saturated carbocycles. The van der Waals surface area contributed by atoms with E-state index in [1.54, 1.807) is 30.3 Å². The Hall–Kier alpha value is -2.89. The van der Waals surface area contributed by atoms with Gasteiger partial charge in [-0.2, -0.15) is 0 Å². The van der Waals surface area contributed by atoms with Gasteiger partial charge < -0.3 is 15.4 Å². The highest BCUT2D eigenvalue weighted by molar-refractivity contribution is 5.99. The van der Waals surface area contributed by atoms with Gasteiger partial charge in [-0.25, -0.2) is 4.39 Å². The molecule has 0 aromatic heterocycles. The van der Waals surface area contributed by atoms with Crippen molar-refractivity contribution in [3.8, 4) is 5.75 Å². The predicted molar refractivity (Wildman–Crippen MR) is 107 cm³/mol. The van der Waals surface area contributed by atoms with Crippen molar-refractivity contribution in [2.75, 3.05) is 13.2 Å². The summed E-state index contributed by atoms with van der Waals surface area (Å²) in [6, 6.07) is 12.5. The summed E-state index contributed by atoms with van der Waals surface area (Å²) in [7, 11) is 0. The van der Waals surface area contributed by atoms with Crippen molar-refractivity contribution >= 4 is 11.8 Å². The maximum absolute atomic E-state index is 13.2. The van der Waals surface area contributed by atoms with Gasteiger partial charge in [0.1, 0.15) is 17.6 Å². The van der Waals surface area contributed by atoms with Crippen molar-refractivity contribution in [2.24, 2.45) is 5.92 Å². The number of nitrogens with one attached hydrogen (secondary N) is 2. The molecule has 0 heterocycles. The molecule has 150 valence electrons. The van der Waals surface area contributed by atoms with Crippen molar-refractivity contribution in [3.05, 3.63) is 65.5 Å². The second-order valence-electron chi connectivity index (χ2n) is 6.80. The molecule has 0 spiro atoms. The molecule has 5 nitrogen and oxygen atoms in total. The number of hydrogen-bond acceptors (Lipinski definition) is 3. The quantitative estimate of drug-likeness (QED) is 0.695. The highest BCUT2D eigenvalue weighted by atomic mass is 19.1. The van der Waals surface area contributed by atoms with Gasteiger partial charge in [0.05, 0.1) is 12.2 Å². The van der Waals surface area contributed by atoms with E-state index < -0.39 is 6.04 Å². The fourth-order valence-electron chi connectivity index (χ4n) is 2.82. The molecule has 0 bridgehead atoms. The topological polar surface area (TPSA) is 67.4 Å². The summed E-state index contributed by atoms with van der Waals surface area (Å²) < 4.78 is 18.7. The molecule has 2 rings (SSSR count). The van der Waals surface area contributed by atoms with Crippen LogP contribution in [0, 0.1) is 11.7 Å². The van der Waals surface area contributed by atoms with E-state index >= 15 is 0 Å². The number of carbonyl (C=O) groups is 2. The lowest BCUT2D eigenvalue weighted by molar-refractivity contribution is -0.123. The summed E-state index contributed by atoms with van der Waals surface area (Å²) in [4.78, 5) is 25.3. The second-order valence-corrected chi connectivity index (χ2v) is 6.80. The molecule has 0 aliphatic heterocycles. The average molecular weight is 386 g/mol. The Labute approximate surface area is 165 Å². The summed E-state index contributed by atoms with van der Waals surface area (Å²) in [5.74, 6) is -0.547. The molecule has 2 aromatic carbocycles. The number of ether oxygens (including phenoxy) is 1. The van der Waals surface area contributed by atoms with E-state index in [2.05, 4.69) is 10.6 Å². The molecule has 0 aliphatic rings. The van der Waals surface area contributed by atoms with Gasteiger partial charge >= 0.3 is 0 Å². The minimum atomic E-state index is -0.685. The number of amides is 2. The monoisotopic (exact) mass is 386 g/mol. The van der Waals surface area contributed by atoms with Gasteiger partial charge in [-0.1, -0.05) is 38.1 Å². The van der Waals surface area contributed by atoms with Crippen LogP contribution in [0.3, 0.4) is 0 Å². The Morgan fingerprint density at radius 2 is 1.86 bits per heavy atom. The molecule has 2 aromatic rings. The van der Waals surface area contributed by atoms with Crippen molar-refractivity contribution in [1.82, 2.24) is 10.6 Å². The normalized spacial score (nSPS) is 11.8. The minimum absolute atomic E-state index is 0.0997. The SMILES string of the molecule is CCOc1ccccc1C(=O)NC(C(=O)NCCc1cccc(F)c1)C(C)C. The average Bonchev–Trinajstić information content (AvgIpc) is 2.66. The maximum atomic E-state index is 13.2. The van der Waals surface area contributed by atoms with Crippen LogP contribution < -0.4 is 15.4 Å². The molecule has 2 amide bonds. The molecule has 1 atom stereocenters. The minimum Gasteiger partial charge on any atom is -0.493 e. The van der Waals surface area contributed by atoms with E-state index in [0.717, 1.165) is 5.56 Å². The lowest BCUT2D eigenvalue weighted by atomic mass is 10.0. The van der Waals surface area contributed by atoms with Gasteiger partial charge in [-0.3, -0.25) is 9.59 Å². The largest absolute Gasteiger partial charge is 0.493 e. The van der Waals surface area contributed by atoms with Crippen LogP contribution >= 0.6 is 0 Å². The summed E-state index contributed by atoms with van der Waals surface area (Å²) in [5.41, 5.74) is 1.19. The summed E-state index contributed by atoms with van der Waals surface area (Å²) >= 11 is 0. The molecular formula is C22H27FN2O3. The molecule has 0 saturated heterocycles. The molecule has 6 heteroatoms. The van der Waals surface area contributed by atoms with Gasteiger partial charge in [-0.05, 0) is 49.1 Å². The Balaban J connectivity index is 1.98. The summed E-state index contributed by atoms with van der Waals surface area (Å²) in [6.07, 6.45) is 0.509. The highest BCUT2D eigenvalue weighted by Crippen LogP contribution is 2.18. The molecule has 28 heavy (non-hydrogen) atoms. The third-order valence-corrected chi connectivity index (χ3v) is 4.27. The van der Waals surface area contributed by atoms with Gasteiger partial charge in [0.15, 0.2) is 0 Å². The fraction of sp³-hybridized carbons (Fsp3) is 0.364. The van der Waals surface area contributed by atoms with Gasteiger partial charge in [0.25, 0.3) is 5.91 Å². The van der Waals surface area contributed by atoms with Crippen molar-refractivity contribution < 1.29 is 18.7 Å². The van der Waals surface area contributed by atoms with E-state index in [1.807, 2.05) is 26.8 Å². The molecule has 2 N–H and O–H groups in total. The van der Waals surface area contributed by atoms with Crippen molar-refractivity contribution in [1.29, 1.82) is 0 Å². The number of benzene rings is 2. The smallest absolute Gasteiger partial charge is 0.255 e. The zero-order chi connectivity index (χ0) is 20.5. The highest BCUT2D eigenvalue weighted by Gasteiger charge is 2.25. The first-order valence-corrected chi connectivity index (χ1v) is 9.47. The second kappa shape index (κ2) is 10.4. The van der Waals surface area contributed by atoms with Crippen LogP contribution in [0.25, 0.3) is 0 Å². The lowest BCUT2D eigenvalue weighted by Crippen LogP contribution is -2.50. The molecule has 0 aliphatic carbocycles. The molecule has 1 unspecified atom stereocenters. The Kier molecular flexibility index (Phi) is 7.99. The van der Waals surface area contributed by atoms with Crippen LogP contribution in [0.1, 0.15) is 36.7 Å². The zero-order valence-electron chi connectivity index (χ0n) is 16.5. The van der Waals surface area contributed by atoms with E-state index in [4.69, 9.17) is 4.74 Å². The van der Waals surface area contributed by atoms with Gasteiger partial charge in [0.2, 0.25) is 5.91 Å². The molecular weight excluding hydrogens is 359 g/mol. The van der Waals surface area contributed by atoms with E-state index in [-0.39, 0.29) is 23.5 Å². The Morgan fingerprint density at radius 1 is 1.11 bits per heavy atom. The first-order chi connectivity index (χ1) is 13.4. The fourth-order valence-corrected chi connectivity index (χ4v) is 2.82. The van der Waals surface area contributed by atoms with Crippen LogP contribution in [-0.2, 0) is 11.2 Å². The van der Waals surface area contributed by atoms with Gasteiger partial charge in [0, 0.05) is 6.54 Å². The Morgan fingerprint density at radius 3 is 2.54 bits per heavy atom. The van der Waals surface area contributed by atoms with Gasteiger partial charge in [-0.15, -0.1) is 0 Å². The third-order valence-electron chi connectivity index (χ3n) is 4.27. The van der Waals surface area contributed by atoms with Crippen LogP contribution in [0.4, 0.5) is 4.39 Å².